The van der Waals surface area contributed by atoms with Crippen molar-refractivity contribution in [2.45, 2.75) is 37.4 Å². The SMILES string of the molecule is O=C(COP(=O)(O)O)C1(O)CCCCC1O. The van der Waals surface area contributed by atoms with E-state index in [-0.39, 0.29) is 12.8 Å². The number of aliphatic hydroxyl groups is 2. The van der Waals surface area contributed by atoms with Gasteiger partial charge in [-0.1, -0.05) is 6.42 Å². The Morgan fingerprint density at radius 3 is 2.56 bits per heavy atom. The van der Waals surface area contributed by atoms with Crippen molar-refractivity contribution in [1.29, 1.82) is 0 Å². The number of Topliss-reactive ketones (excluding diaryl/α,β-unsaturated/α-hetero) is 1. The molecule has 94 valence electrons. The molecule has 0 spiro atoms. The maximum atomic E-state index is 11.5. The molecule has 0 saturated heterocycles. The van der Waals surface area contributed by atoms with Gasteiger partial charge in [0.1, 0.15) is 6.61 Å². The second-order valence-electron chi connectivity index (χ2n) is 3.87. The summed E-state index contributed by atoms with van der Waals surface area (Å²) in [4.78, 5) is 28.3. The highest BCUT2D eigenvalue weighted by molar-refractivity contribution is 7.46. The van der Waals surface area contributed by atoms with E-state index >= 15 is 0 Å². The summed E-state index contributed by atoms with van der Waals surface area (Å²) >= 11 is 0. The second kappa shape index (κ2) is 4.91. The van der Waals surface area contributed by atoms with Crippen LogP contribution in [0, 0.1) is 0 Å². The van der Waals surface area contributed by atoms with Gasteiger partial charge >= 0.3 is 7.82 Å². The Bertz CT molecular complexity index is 312. The van der Waals surface area contributed by atoms with Crippen molar-refractivity contribution < 1.29 is 33.9 Å². The van der Waals surface area contributed by atoms with Gasteiger partial charge in [0.2, 0.25) is 0 Å². The summed E-state index contributed by atoms with van der Waals surface area (Å²) in [6, 6.07) is 0. The van der Waals surface area contributed by atoms with E-state index in [0.717, 1.165) is 0 Å². The number of carbonyl (C=O) groups excluding carboxylic acids is 1. The van der Waals surface area contributed by atoms with Crippen LogP contribution in [0.3, 0.4) is 0 Å². The van der Waals surface area contributed by atoms with Crippen LogP contribution in [0.1, 0.15) is 25.7 Å². The van der Waals surface area contributed by atoms with Crippen LogP contribution >= 0.6 is 7.82 Å². The third-order valence-electron chi connectivity index (χ3n) is 2.68. The maximum absolute atomic E-state index is 11.5. The molecular weight excluding hydrogens is 239 g/mol. The number of phosphoric acid groups is 1. The monoisotopic (exact) mass is 254 g/mol. The maximum Gasteiger partial charge on any atom is 0.470 e. The fourth-order valence-corrected chi connectivity index (χ4v) is 2.02. The number of phosphoric ester groups is 1. The molecule has 0 bridgehead atoms. The lowest BCUT2D eigenvalue weighted by atomic mass is 9.79. The van der Waals surface area contributed by atoms with Crippen molar-refractivity contribution in [2.75, 3.05) is 6.61 Å². The third kappa shape index (κ3) is 3.35. The molecule has 0 amide bonds. The van der Waals surface area contributed by atoms with Crippen LogP contribution < -0.4 is 0 Å². The lowest BCUT2D eigenvalue weighted by Gasteiger charge is -2.35. The van der Waals surface area contributed by atoms with Crippen LogP contribution in [0.5, 0.6) is 0 Å². The van der Waals surface area contributed by atoms with Gasteiger partial charge in [-0.15, -0.1) is 0 Å². The van der Waals surface area contributed by atoms with Crippen LogP contribution in [-0.2, 0) is 13.9 Å². The van der Waals surface area contributed by atoms with Crippen molar-refractivity contribution in [1.82, 2.24) is 0 Å². The normalized spacial score (nSPS) is 31.4. The highest BCUT2D eigenvalue weighted by Crippen LogP contribution is 2.37. The number of rotatable bonds is 4. The van der Waals surface area contributed by atoms with Gasteiger partial charge in [-0.25, -0.2) is 4.57 Å². The topological polar surface area (TPSA) is 124 Å². The molecule has 1 fully saturated rings. The average molecular weight is 254 g/mol. The fraction of sp³-hybridized carbons (Fsp3) is 0.875. The minimum absolute atomic E-state index is 0.0809. The summed E-state index contributed by atoms with van der Waals surface area (Å²) in [6.07, 6.45) is 0.454. The first kappa shape index (κ1) is 13.8. The zero-order chi connectivity index (χ0) is 12.4. The minimum atomic E-state index is -4.73. The average Bonchev–Trinajstić information content (AvgIpc) is 2.18. The van der Waals surface area contributed by atoms with Crippen molar-refractivity contribution in [3.05, 3.63) is 0 Å². The number of ketones is 1. The molecule has 0 aromatic carbocycles. The van der Waals surface area contributed by atoms with Crippen LogP contribution in [0.2, 0.25) is 0 Å². The zero-order valence-electron chi connectivity index (χ0n) is 8.57. The van der Waals surface area contributed by atoms with E-state index in [0.29, 0.717) is 12.8 Å². The van der Waals surface area contributed by atoms with E-state index in [1.165, 1.54) is 0 Å². The Morgan fingerprint density at radius 1 is 1.44 bits per heavy atom. The lowest BCUT2D eigenvalue weighted by molar-refractivity contribution is -0.158. The number of aliphatic hydroxyl groups excluding tert-OH is 1. The smallest absolute Gasteiger partial charge is 0.390 e. The van der Waals surface area contributed by atoms with Gasteiger partial charge in [-0.3, -0.25) is 9.32 Å². The van der Waals surface area contributed by atoms with Gasteiger partial charge in [-0.2, -0.15) is 0 Å². The van der Waals surface area contributed by atoms with E-state index in [1.54, 1.807) is 0 Å². The first-order chi connectivity index (χ1) is 7.26. The van der Waals surface area contributed by atoms with Crippen molar-refractivity contribution in [3.8, 4) is 0 Å². The van der Waals surface area contributed by atoms with E-state index in [2.05, 4.69) is 4.52 Å². The van der Waals surface area contributed by atoms with Gasteiger partial charge in [-0.05, 0) is 19.3 Å². The van der Waals surface area contributed by atoms with E-state index in [4.69, 9.17) is 9.79 Å². The third-order valence-corrected chi connectivity index (χ3v) is 3.15. The molecule has 4 N–H and O–H groups in total. The van der Waals surface area contributed by atoms with Crippen molar-refractivity contribution >= 4 is 13.6 Å². The summed E-state index contributed by atoms with van der Waals surface area (Å²) in [6.45, 7) is -0.905. The van der Waals surface area contributed by atoms with Crippen LogP contribution in [0.25, 0.3) is 0 Å². The molecule has 0 aromatic rings. The first-order valence-electron chi connectivity index (χ1n) is 4.89. The summed E-state index contributed by atoms with van der Waals surface area (Å²) in [5.41, 5.74) is -1.94. The molecule has 16 heavy (non-hydrogen) atoms. The van der Waals surface area contributed by atoms with Gasteiger partial charge in [0.15, 0.2) is 11.4 Å². The molecule has 1 aliphatic rings. The Hall–Kier alpha value is -0.300. The van der Waals surface area contributed by atoms with E-state index < -0.39 is 31.9 Å². The molecule has 8 heteroatoms. The first-order valence-corrected chi connectivity index (χ1v) is 6.42. The van der Waals surface area contributed by atoms with Crippen LogP contribution in [0.15, 0.2) is 0 Å². The summed E-state index contributed by atoms with van der Waals surface area (Å²) in [7, 11) is -4.73. The molecule has 0 heterocycles. The number of hydrogen-bond acceptors (Lipinski definition) is 5. The predicted octanol–water partition coefficient (Wildman–Crippen LogP) is -0.669. The predicted molar refractivity (Wildman–Crippen MR) is 52.4 cm³/mol. The van der Waals surface area contributed by atoms with Crippen molar-refractivity contribution in [2.24, 2.45) is 0 Å². The van der Waals surface area contributed by atoms with Gasteiger partial charge in [0, 0.05) is 0 Å². The highest BCUT2D eigenvalue weighted by atomic mass is 31.2. The van der Waals surface area contributed by atoms with Crippen LogP contribution in [-0.4, -0.2) is 44.1 Å². The molecule has 0 radical (unpaired) electrons. The van der Waals surface area contributed by atoms with Gasteiger partial charge in [0.25, 0.3) is 0 Å². The molecule has 1 rings (SSSR count). The molecule has 0 aliphatic heterocycles. The number of carbonyl (C=O) groups is 1. The number of hydrogen-bond donors (Lipinski definition) is 4. The Kier molecular flexibility index (Phi) is 4.23. The Morgan fingerprint density at radius 2 is 2.06 bits per heavy atom. The zero-order valence-corrected chi connectivity index (χ0v) is 9.47. The summed E-state index contributed by atoms with van der Waals surface area (Å²) in [5.74, 6) is -0.900. The lowest BCUT2D eigenvalue weighted by Crippen LogP contribution is -2.52. The highest BCUT2D eigenvalue weighted by Gasteiger charge is 2.44. The van der Waals surface area contributed by atoms with E-state index in [9.17, 15) is 19.6 Å². The molecule has 2 atom stereocenters. The molecular formula is C8H15O7P. The molecule has 2 unspecified atom stereocenters. The van der Waals surface area contributed by atoms with Crippen LogP contribution in [0.4, 0.5) is 0 Å². The van der Waals surface area contributed by atoms with Gasteiger partial charge < -0.3 is 20.0 Å². The van der Waals surface area contributed by atoms with Crippen molar-refractivity contribution in [3.63, 3.8) is 0 Å². The molecule has 0 aromatic heterocycles. The Balaban J connectivity index is 2.61. The van der Waals surface area contributed by atoms with Gasteiger partial charge in [0.05, 0.1) is 6.10 Å². The van der Waals surface area contributed by atoms with E-state index in [1.807, 2.05) is 0 Å². The Labute approximate surface area is 92.3 Å². The quantitative estimate of drug-likeness (QED) is 0.490. The fourth-order valence-electron chi connectivity index (χ4n) is 1.73. The standard InChI is InChI=1S/C8H15O7P/c9-6-3-1-2-4-8(6,11)7(10)5-15-16(12,13)14/h6,9,11H,1-5H2,(H2,12,13,14). The summed E-state index contributed by atoms with van der Waals surface area (Å²) in [5, 5.41) is 19.4. The summed E-state index contributed by atoms with van der Waals surface area (Å²) < 4.78 is 14.4. The molecule has 1 saturated carbocycles. The molecule has 7 nitrogen and oxygen atoms in total. The second-order valence-corrected chi connectivity index (χ2v) is 5.11. The largest absolute Gasteiger partial charge is 0.470 e. The molecule has 1 aliphatic carbocycles. The minimum Gasteiger partial charge on any atom is -0.390 e.